The van der Waals surface area contributed by atoms with Gasteiger partial charge in [-0.2, -0.15) is 0 Å². The molecular weight excluding hydrogens is 464 g/mol. The molecule has 196 valence electrons. The monoisotopic (exact) mass is 502 g/mol. The van der Waals surface area contributed by atoms with Crippen molar-refractivity contribution in [3.8, 4) is 0 Å². The summed E-state index contributed by atoms with van der Waals surface area (Å²) in [5, 5.41) is 15.6. The zero-order valence-corrected chi connectivity index (χ0v) is 22.0. The second kappa shape index (κ2) is 9.34. The fraction of sp³-hybridized carbons (Fsp3) is 0.567. The number of nitro groups is 1. The zero-order chi connectivity index (χ0) is 25.7. The molecule has 0 aromatic heterocycles. The van der Waals surface area contributed by atoms with Crippen molar-refractivity contribution in [1.29, 1.82) is 0 Å². The first-order chi connectivity index (χ1) is 17.8. The van der Waals surface area contributed by atoms with Gasteiger partial charge in [0.15, 0.2) is 0 Å². The molecule has 4 bridgehead atoms. The van der Waals surface area contributed by atoms with Gasteiger partial charge in [0, 0.05) is 49.5 Å². The molecule has 7 heteroatoms. The third kappa shape index (κ3) is 4.57. The van der Waals surface area contributed by atoms with E-state index < -0.39 is 0 Å². The molecule has 1 aliphatic heterocycles. The first-order valence-corrected chi connectivity index (χ1v) is 14.0. The molecule has 4 aliphatic carbocycles. The minimum atomic E-state index is -0.267. The number of rotatable bonds is 6. The predicted octanol–water partition coefficient (Wildman–Crippen LogP) is 5.88. The lowest BCUT2D eigenvalue weighted by Gasteiger charge is -2.59. The Hall–Kier alpha value is -3.09. The molecule has 1 saturated heterocycles. The number of nitrogens with zero attached hydrogens (tertiary/aromatic N) is 3. The second-order valence-electron chi connectivity index (χ2n) is 12.2. The van der Waals surface area contributed by atoms with Crippen LogP contribution in [0.25, 0.3) is 0 Å². The number of aryl methyl sites for hydroxylation is 1. The minimum absolute atomic E-state index is 0.0649. The first-order valence-electron chi connectivity index (χ1n) is 14.0. The molecule has 1 heterocycles. The fourth-order valence-corrected chi connectivity index (χ4v) is 8.14. The van der Waals surface area contributed by atoms with Crippen molar-refractivity contribution in [2.75, 3.05) is 36.4 Å². The summed E-state index contributed by atoms with van der Waals surface area (Å²) in [6, 6.07) is 13.4. The molecule has 0 spiro atoms. The van der Waals surface area contributed by atoms with Gasteiger partial charge in [-0.25, -0.2) is 0 Å². The van der Waals surface area contributed by atoms with Crippen LogP contribution in [-0.4, -0.2) is 48.0 Å². The molecule has 0 unspecified atom stereocenters. The lowest BCUT2D eigenvalue weighted by Crippen LogP contribution is -2.53. The number of benzene rings is 2. The molecule has 1 amide bonds. The molecule has 0 radical (unpaired) electrons. The summed E-state index contributed by atoms with van der Waals surface area (Å²) in [5.41, 5.74) is 3.88. The van der Waals surface area contributed by atoms with Crippen molar-refractivity contribution in [1.82, 2.24) is 4.90 Å². The Morgan fingerprint density at radius 3 is 2.14 bits per heavy atom. The van der Waals surface area contributed by atoms with E-state index in [9.17, 15) is 14.9 Å². The Morgan fingerprint density at radius 2 is 1.57 bits per heavy atom. The Morgan fingerprint density at radius 1 is 0.973 bits per heavy atom. The van der Waals surface area contributed by atoms with Gasteiger partial charge < -0.3 is 15.1 Å². The summed E-state index contributed by atoms with van der Waals surface area (Å²) in [4.78, 5) is 28.7. The van der Waals surface area contributed by atoms with Crippen LogP contribution in [0.15, 0.2) is 42.5 Å². The molecule has 7 rings (SSSR count). The number of amides is 1. The number of anilines is 2. The smallest absolute Gasteiger partial charge is 0.292 e. The number of piperazine rings is 1. The predicted molar refractivity (Wildman–Crippen MR) is 146 cm³/mol. The van der Waals surface area contributed by atoms with Gasteiger partial charge in [0.05, 0.1) is 4.92 Å². The maximum atomic E-state index is 12.9. The summed E-state index contributed by atoms with van der Waals surface area (Å²) >= 11 is 0. The Kier molecular flexibility index (Phi) is 6.12. The molecule has 2 aromatic carbocycles. The Labute approximate surface area is 219 Å². The second-order valence-corrected chi connectivity index (χ2v) is 12.2. The van der Waals surface area contributed by atoms with Crippen LogP contribution in [0, 0.1) is 40.2 Å². The van der Waals surface area contributed by atoms with E-state index in [2.05, 4.69) is 17.1 Å². The van der Waals surface area contributed by atoms with Crippen molar-refractivity contribution in [3.05, 3.63) is 63.7 Å². The summed E-state index contributed by atoms with van der Waals surface area (Å²) < 4.78 is 0. The normalized spacial score (nSPS) is 29.3. The molecule has 5 fully saturated rings. The van der Waals surface area contributed by atoms with Gasteiger partial charge in [0.25, 0.3) is 11.6 Å². The van der Waals surface area contributed by atoms with Gasteiger partial charge in [-0.05, 0) is 99.8 Å². The highest BCUT2D eigenvalue weighted by atomic mass is 16.6. The number of hydrogen-bond acceptors (Lipinski definition) is 5. The van der Waals surface area contributed by atoms with Gasteiger partial charge in [-0.15, -0.1) is 0 Å². The number of carbonyl (C=O) groups is 1. The highest BCUT2D eigenvalue weighted by Gasteiger charge is 2.53. The standard InChI is InChI=1S/C30H38N4O3/c1-20-3-5-25(6-4-20)29(35)33-11-9-32(10-12-33)26-7-8-28(34(36)37)27(16-26)31-21(2)30-17-22-13-23(18-30)15-24(14-22)19-30/h3-8,16,21-24,31H,9-15,17-19H2,1-2H3/t21-,22?,23?,24?,30?/m0/s1. The molecule has 5 aliphatic rings. The zero-order valence-electron chi connectivity index (χ0n) is 22.0. The van der Waals surface area contributed by atoms with Gasteiger partial charge in [0.1, 0.15) is 5.69 Å². The van der Waals surface area contributed by atoms with Crippen molar-refractivity contribution >= 4 is 23.0 Å². The topological polar surface area (TPSA) is 78.7 Å². The van der Waals surface area contributed by atoms with Crippen LogP contribution in [0.1, 0.15) is 61.4 Å². The summed E-state index contributed by atoms with van der Waals surface area (Å²) in [6.45, 7) is 6.95. The Bertz CT molecular complexity index is 1150. The number of nitrogens with one attached hydrogen (secondary N) is 1. The molecule has 7 nitrogen and oxygen atoms in total. The molecule has 1 atom stereocenters. The van der Waals surface area contributed by atoms with Crippen LogP contribution in [0.4, 0.5) is 17.1 Å². The van der Waals surface area contributed by atoms with Crippen molar-refractivity contribution in [3.63, 3.8) is 0 Å². The molecule has 1 N–H and O–H groups in total. The van der Waals surface area contributed by atoms with E-state index in [4.69, 9.17) is 0 Å². The van der Waals surface area contributed by atoms with Crippen LogP contribution in [0.2, 0.25) is 0 Å². The SMILES string of the molecule is Cc1ccc(C(=O)N2CCN(c3ccc([N+](=O)[O-])c(N[C@@H](C)C45CC6CC(CC(C6)C4)C5)c3)CC2)cc1. The highest BCUT2D eigenvalue weighted by molar-refractivity contribution is 5.94. The maximum Gasteiger partial charge on any atom is 0.292 e. The number of hydrogen-bond donors (Lipinski definition) is 1. The van der Waals surface area contributed by atoms with E-state index in [-0.39, 0.29) is 28.0 Å². The summed E-state index contributed by atoms with van der Waals surface area (Å²) in [6.07, 6.45) is 7.95. The summed E-state index contributed by atoms with van der Waals surface area (Å²) in [5.74, 6) is 2.59. The number of carbonyl (C=O) groups excluding carboxylic acids is 1. The van der Waals surface area contributed by atoms with Crippen molar-refractivity contribution in [2.45, 2.75) is 58.4 Å². The van der Waals surface area contributed by atoms with E-state index in [0.29, 0.717) is 31.9 Å². The summed E-state index contributed by atoms with van der Waals surface area (Å²) in [7, 11) is 0. The molecular formula is C30H38N4O3. The van der Waals surface area contributed by atoms with E-state index in [1.54, 1.807) is 6.07 Å². The molecule has 37 heavy (non-hydrogen) atoms. The van der Waals surface area contributed by atoms with Crippen LogP contribution < -0.4 is 10.2 Å². The largest absolute Gasteiger partial charge is 0.376 e. The van der Waals surface area contributed by atoms with E-state index >= 15 is 0 Å². The highest BCUT2D eigenvalue weighted by Crippen LogP contribution is 2.61. The van der Waals surface area contributed by atoms with Crippen molar-refractivity contribution in [2.24, 2.45) is 23.2 Å². The van der Waals surface area contributed by atoms with Gasteiger partial charge in [0.2, 0.25) is 0 Å². The van der Waals surface area contributed by atoms with Crippen molar-refractivity contribution < 1.29 is 9.72 Å². The minimum Gasteiger partial charge on any atom is -0.376 e. The van der Waals surface area contributed by atoms with E-state index in [1.165, 1.54) is 38.5 Å². The van der Waals surface area contributed by atoms with E-state index in [0.717, 1.165) is 34.6 Å². The quantitative estimate of drug-likeness (QED) is 0.394. The van der Waals surface area contributed by atoms with Crippen LogP contribution in [0.3, 0.4) is 0 Å². The third-order valence-corrected chi connectivity index (χ3v) is 9.78. The van der Waals surface area contributed by atoms with Crippen LogP contribution in [0.5, 0.6) is 0 Å². The van der Waals surface area contributed by atoms with Crippen LogP contribution >= 0.6 is 0 Å². The van der Waals surface area contributed by atoms with Gasteiger partial charge in [-0.1, -0.05) is 17.7 Å². The van der Waals surface area contributed by atoms with E-state index in [1.807, 2.05) is 48.2 Å². The number of nitro benzene ring substituents is 1. The lowest BCUT2D eigenvalue weighted by atomic mass is 9.48. The Balaban J connectivity index is 1.16. The fourth-order valence-electron chi connectivity index (χ4n) is 8.14. The third-order valence-electron chi connectivity index (χ3n) is 9.78. The average Bonchev–Trinajstić information content (AvgIpc) is 2.88. The molecule has 2 aromatic rings. The van der Waals surface area contributed by atoms with Crippen LogP contribution in [-0.2, 0) is 0 Å². The molecule has 4 saturated carbocycles. The lowest BCUT2D eigenvalue weighted by molar-refractivity contribution is -0.384. The van der Waals surface area contributed by atoms with Gasteiger partial charge in [-0.3, -0.25) is 14.9 Å². The average molecular weight is 503 g/mol. The first kappa shape index (κ1) is 24.3. The van der Waals surface area contributed by atoms with Gasteiger partial charge >= 0.3 is 0 Å². The maximum absolute atomic E-state index is 12.9.